The van der Waals surface area contributed by atoms with Gasteiger partial charge in [0, 0.05) is 17.9 Å². The van der Waals surface area contributed by atoms with Gasteiger partial charge in [0.1, 0.15) is 5.82 Å². The van der Waals surface area contributed by atoms with Crippen LogP contribution in [0.25, 0.3) is 5.69 Å². The van der Waals surface area contributed by atoms with E-state index in [0.717, 1.165) is 28.0 Å². The van der Waals surface area contributed by atoms with Gasteiger partial charge in [-0.1, -0.05) is 77.4 Å². The molecule has 0 atom stereocenters. The molecule has 3 aromatic carbocycles. The van der Waals surface area contributed by atoms with Crippen molar-refractivity contribution in [2.75, 3.05) is 0 Å². The van der Waals surface area contributed by atoms with Gasteiger partial charge < -0.3 is 0 Å². The summed E-state index contributed by atoms with van der Waals surface area (Å²) in [5, 5.41) is 11.0. The standard InChI is InChI=1S/C24H21Cl2N3S/c1-16-8-10-20(12-17(16)2)29-23(14-18-6-4-3-5-7-18)27-28-24(29)30-15-19-9-11-21(25)22(26)13-19/h3-13H,14-15H2,1-2H3. The van der Waals surface area contributed by atoms with Crippen molar-refractivity contribution in [3.63, 3.8) is 0 Å². The van der Waals surface area contributed by atoms with Crippen LogP contribution in [0.5, 0.6) is 0 Å². The Hall–Kier alpha value is -2.27. The van der Waals surface area contributed by atoms with Crippen LogP contribution >= 0.6 is 35.0 Å². The number of nitrogens with zero attached hydrogens (tertiary/aromatic N) is 3. The van der Waals surface area contributed by atoms with Crippen LogP contribution in [0, 0.1) is 13.8 Å². The van der Waals surface area contributed by atoms with E-state index in [0.29, 0.717) is 16.5 Å². The highest BCUT2D eigenvalue weighted by molar-refractivity contribution is 7.98. The first-order valence-corrected chi connectivity index (χ1v) is 11.4. The second kappa shape index (κ2) is 9.25. The number of aryl methyl sites for hydroxylation is 2. The molecule has 0 fully saturated rings. The normalized spacial score (nSPS) is 11.1. The fourth-order valence-electron chi connectivity index (χ4n) is 3.19. The van der Waals surface area contributed by atoms with Gasteiger partial charge in [-0.2, -0.15) is 0 Å². The van der Waals surface area contributed by atoms with Gasteiger partial charge in [-0.15, -0.1) is 10.2 Å². The lowest BCUT2D eigenvalue weighted by atomic mass is 10.1. The summed E-state index contributed by atoms with van der Waals surface area (Å²) >= 11 is 13.9. The average Bonchev–Trinajstić information content (AvgIpc) is 3.14. The topological polar surface area (TPSA) is 30.7 Å². The molecule has 0 saturated heterocycles. The number of aromatic nitrogens is 3. The maximum Gasteiger partial charge on any atom is 0.196 e. The molecule has 0 unspecified atom stereocenters. The van der Waals surface area contributed by atoms with Crippen LogP contribution in [-0.4, -0.2) is 14.8 Å². The second-order valence-corrected chi connectivity index (χ2v) is 8.96. The maximum absolute atomic E-state index is 6.17. The average molecular weight is 454 g/mol. The summed E-state index contributed by atoms with van der Waals surface area (Å²) in [4.78, 5) is 0. The molecule has 3 nitrogen and oxygen atoms in total. The third kappa shape index (κ3) is 4.72. The molecule has 0 aliphatic heterocycles. The fourth-order valence-corrected chi connectivity index (χ4v) is 4.42. The molecular weight excluding hydrogens is 433 g/mol. The molecule has 0 aliphatic carbocycles. The van der Waals surface area contributed by atoms with E-state index in [1.54, 1.807) is 11.8 Å². The van der Waals surface area contributed by atoms with Gasteiger partial charge in [-0.25, -0.2) is 0 Å². The Morgan fingerprint density at radius 2 is 1.60 bits per heavy atom. The highest BCUT2D eigenvalue weighted by Gasteiger charge is 2.16. The SMILES string of the molecule is Cc1ccc(-n2c(Cc3ccccc3)nnc2SCc2ccc(Cl)c(Cl)c2)cc1C. The minimum atomic E-state index is 0.564. The van der Waals surface area contributed by atoms with Gasteiger partial charge in [-0.3, -0.25) is 4.57 Å². The summed E-state index contributed by atoms with van der Waals surface area (Å²) in [5.41, 5.74) is 5.88. The summed E-state index contributed by atoms with van der Waals surface area (Å²) in [7, 11) is 0. The van der Waals surface area contributed by atoms with Gasteiger partial charge in [0.2, 0.25) is 0 Å². The molecule has 1 aromatic heterocycles. The number of hydrogen-bond donors (Lipinski definition) is 0. The highest BCUT2D eigenvalue weighted by Crippen LogP contribution is 2.29. The Morgan fingerprint density at radius 1 is 0.800 bits per heavy atom. The Balaban J connectivity index is 1.68. The van der Waals surface area contributed by atoms with Crippen LogP contribution in [0.2, 0.25) is 10.0 Å². The molecule has 30 heavy (non-hydrogen) atoms. The highest BCUT2D eigenvalue weighted by atomic mass is 35.5. The molecule has 1 heterocycles. The van der Waals surface area contributed by atoms with Gasteiger partial charge in [0.05, 0.1) is 10.0 Å². The van der Waals surface area contributed by atoms with Crippen molar-refractivity contribution in [2.45, 2.75) is 31.2 Å². The molecule has 0 amide bonds. The number of hydrogen-bond acceptors (Lipinski definition) is 3. The van der Waals surface area contributed by atoms with Crippen LogP contribution in [0.15, 0.2) is 71.9 Å². The van der Waals surface area contributed by atoms with E-state index in [4.69, 9.17) is 23.2 Å². The summed E-state index contributed by atoms with van der Waals surface area (Å²) in [6, 6.07) is 22.5. The van der Waals surface area contributed by atoms with Crippen LogP contribution in [0.1, 0.15) is 28.1 Å². The van der Waals surface area contributed by atoms with Gasteiger partial charge >= 0.3 is 0 Å². The number of halogens is 2. The van der Waals surface area contributed by atoms with E-state index in [-0.39, 0.29) is 0 Å². The van der Waals surface area contributed by atoms with E-state index >= 15 is 0 Å². The molecule has 0 N–H and O–H groups in total. The van der Waals surface area contributed by atoms with Crippen molar-refractivity contribution < 1.29 is 0 Å². The quantitative estimate of drug-likeness (QED) is 0.292. The molecule has 6 heteroatoms. The van der Waals surface area contributed by atoms with Crippen LogP contribution in [0.3, 0.4) is 0 Å². The molecule has 0 aliphatic rings. The van der Waals surface area contributed by atoms with Crippen LogP contribution in [0.4, 0.5) is 0 Å². The first-order valence-electron chi connectivity index (χ1n) is 9.64. The minimum absolute atomic E-state index is 0.564. The van der Waals surface area contributed by atoms with Crippen molar-refractivity contribution in [1.82, 2.24) is 14.8 Å². The van der Waals surface area contributed by atoms with Gasteiger partial charge in [0.25, 0.3) is 0 Å². The summed E-state index contributed by atoms with van der Waals surface area (Å²) in [6.07, 6.45) is 0.716. The minimum Gasteiger partial charge on any atom is -0.274 e. The number of benzene rings is 3. The summed E-state index contributed by atoms with van der Waals surface area (Å²) in [6.45, 7) is 4.25. The van der Waals surface area contributed by atoms with Crippen molar-refractivity contribution in [1.29, 1.82) is 0 Å². The summed E-state index contributed by atoms with van der Waals surface area (Å²) < 4.78 is 2.15. The monoisotopic (exact) mass is 453 g/mol. The van der Waals surface area contributed by atoms with Crippen LogP contribution < -0.4 is 0 Å². The molecule has 4 aromatic rings. The van der Waals surface area contributed by atoms with Crippen molar-refractivity contribution in [2.24, 2.45) is 0 Å². The fraction of sp³-hybridized carbons (Fsp3) is 0.167. The lowest BCUT2D eigenvalue weighted by Crippen LogP contribution is -2.04. The second-order valence-electron chi connectivity index (χ2n) is 7.20. The lowest BCUT2D eigenvalue weighted by molar-refractivity contribution is 0.846. The Morgan fingerprint density at radius 3 is 2.33 bits per heavy atom. The van der Waals surface area contributed by atoms with Crippen LogP contribution in [-0.2, 0) is 12.2 Å². The smallest absolute Gasteiger partial charge is 0.196 e. The Kier molecular flexibility index (Phi) is 6.47. The number of rotatable bonds is 6. The first-order chi connectivity index (χ1) is 14.5. The van der Waals surface area contributed by atoms with E-state index in [1.807, 2.05) is 36.4 Å². The molecule has 0 bridgehead atoms. The predicted molar refractivity (Wildman–Crippen MR) is 126 cm³/mol. The maximum atomic E-state index is 6.17. The van der Waals surface area contributed by atoms with E-state index in [9.17, 15) is 0 Å². The van der Waals surface area contributed by atoms with E-state index in [2.05, 4.69) is 58.9 Å². The van der Waals surface area contributed by atoms with E-state index < -0.39 is 0 Å². The third-order valence-corrected chi connectivity index (χ3v) is 6.75. The summed E-state index contributed by atoms with van der Waals surface area (Å²) in [5.74, 6) is 1.65. The predicted octanol–water partition coefficient (Wildman–Crippen LogP) is 7.07. The largest absolute Gasteiger partial charge is 0.274 e. The Labute approximate surface area is 191 Å². The molecule has 0 saturated carbocycles. The number of thioether (sulfide) groups is 1. The van der Waals surface area contributed by atoms with E-state index in [1.165, 1.54) is 16.7 Å². The van der Waals surface area contributed by atoms with Crippen molar-refractivity contribution in [3.8, 4) is 5.69 Å². The lowest BCUT2D eigenvalue weighted by Gasteiger charge is -2.12. The van der Waals surface area contributed by atoms with Gasteiger partial charge in [0.15, 0.2) is 5.16 Å². The van der Waals surface area contributed by atoms with Crippen molar-refractivity contribution in [3.05, 3.63) is 105 Å². The van der Waals surface area contributed by atoms with Crippen molar-refractivity contribution >= 4 is 35.0 Å². The molecular formula is C24H21Cl2N3S. The molecule has 152 valence electrons. The molecule has 0 radical (unpaired) electrons. The Bertz CT molecular complexity index is 1170. The molecule has 0 spiro atoms. The molecule has 4 rings (SSSR count). The zero-order valence-corrected chi connectivity index (χ0v) is 19.1. The zero-order chi connectivity index (χ0) is 21.1. The first kappa shape index (κ1) is 21.0. The third-order valence-electron chi connectivity index (χ3n) is 5.01. The zero-order valence-electron chi connectivity index (χ0n) is 16.8. The van der Waals surface area contributed by atoms with Gasteiger partial charge in [-0.05, 0) is 60.4 Å².